The van der Waals surface area contributed by atoms with Crippen LogP contribution in [0.2, 0.25) is 0 Å². The van der Waals surface area contributed by atoms with Crippen molar-refractivity contribution >= 4 is 56.6 Å². The average Bonchev–Trinajstić information content (AvgIpc) is 3.31. The first-order valence-electron chi connectivity index (χ1n) is 12.1. The van der Waals surface area contributed by atoms with Gasteiger partial charge in [0.15, 0.2) is 17.3 Å². The molecular formula is C30H23BrN2O4. The molecule has 37 heavy (non-hydrogen) atoms. The van der Waals surface area contributed by atoms with Crippen molar-refractivity contribution in [3.63, 3.8) is 0 Å². The third kappa shape index (κ3) is 3.16. The molecule has 1 amide bonds. The van der Waals surface area contributed by atoms with E-state index in [1.165, 1.54) is 13.8 Å². The second-order valence-corrected chi connectivity index (χ2v) is 10.7. The summed E-state index contributed by atoms with van der Waals surface area (Å²) in [6, 6.07) is 18.5. The van der Waals surface area contributed by atoms with Gasteiger partial charge in [0.2, 0.25) is 5.91 Å². The number of benzene rings is 3. The molecule has 1 fully saturated rings. The first kappa shape index (κ1) is 23.6. The fraction of sp³-hybridized carbons (Fsp3) is 0.200. The summed E-state index contributed by atoms with van der Waals surface area (Å²) >= 11 is 3.47. The van der Waals surface area contributed by atoms with Crippen LogP contribution in [0.5, 0.6) is 0 Å². The molecule has 3 aliphatic rings. The van der Waals surface area contributed by atoms with Crippen molar-refractivity contribution in [1.82, 2.24) is 0 Å². The molecule has 1 N–H and O–H groups in total. The summed E-state index contributed by atoms with van der Waals surface area (Å²) in [5.41, 5.74) is 2.08. The number of Topliss-reactive ketones (excluding diaryl/α,β-unsaturated/α-hetero) is 3. The van der Waals surface area contributed by atoms with E-state index in [0.717, 1.165) is 15.6 Å². The number of ketones is 3. The van der Waals surface area contributed by atoms with Crippen LogP contribution in [0.1, 0.15) is 51.6 Å². The molecular weight excluding hydrogens is 532 g/mol. The Balaban J connectivity index is 1.65. The molecule has 0 unspecified atom stereocenters. The van der Waals surface area contributed by atoms with Crippen molar-refractivity contribution in [2.24, 2.45) is 5.41 Å². The van der Waals surface area contributed by atoms with Gasteiger partial charge in [-0.15, -0.1) is 0 Å². The van der Waals surface area contributed by atoms with E-state index in [1.807, 2.05) is 53.5 Å². The Morgan fingerprint density at radius 3 is 2.14 bits per heavy atom. The molecule has 0 aromatic heterocycles. The number of hydrogen-bond acceptors (Lipinski definition) is 5. The van der Waals surface area contributed by atoms with Crippen LogP contribution in [0, 0.1) is 5.41 Å². The number of hydrogen-bond donors (Lipinski definition) is 1. The Labute approximate surface area is 222 Å². The Kier molecular flexibility index (Phi) is 5.31. The zero-order valence-corrected chi connectivity index (χ0v) is 21.8. The molecule has 3 aromatic rings. The van der Waals surface area contributed by atoms with Gasteiger partial charge < -0.3 is 10.2 Å². The van der Waals surface area contributed by atoms with E-state index < -0.39 is 23.4 Å². The smallest absolute Gasteiger partial charge is 0.221 e. The summed E-state index contributed by atoms with van der Waals surface area (Å²) in [5.74, 6) is -1.58. The van der Waals surface area contributed by atoms with Gasteiger partial charge in [-0.2, -0.15) is 0 Å². The van der Waals surface area contributed by atoms with Crippen molar-refractivity contribution in [3.05, 3.63) is 99.5 Å². The summed E-state index contributed by atoms with van der Waals surface area (Å²) in [6.07, 6.45) is 3.71. The van der Waals surface area contributed by atoms with Gasteiger partial charge in [0.25, 0.3) is 0 Å². The van der Waals surface area contributed by atoms with Crippen molar-refractivity contribution in [2.75, 3.05) is 10.2 Å². The Bertz CT molecular complexity index is 1510. The Hall–Kier alpha value is -3.84. The fourth-order valence-corrected chi connectivity index (χ4v) is 6.76. The quantitative estimate of drug-likeness (QED) is 0.436. The van der Waals surface area contributed by atoms with E-state index in [9.17, 15) is 19.2 Å². The van der Waals surface area contributed by atoms with Crippen LogP contribution in [-0.2, 0) is 9.59 Å². The number of carbonyl (C=O) groups excluding carboxylic acids is 4. The van der Waals surface area contributed by atoms with Gasteiger partial charge in [-0.1, -0.05) is 70.5 Å². The molecule has 3 aromatic carbocycles. The first-order valence-corrected chi connectivity index (χ1v) is 12.9. The number of nitrogens with one attached hydrogen (secondary N) is 1. The highest BCUT2D eigenvalue weighted by Crippen LogP contribution is 2.61. The summed E-state index contributed by atoms with van der Waals surface area (Å²) in [7, 11) is 0. The molecule has 0 bridgehead atoms. The van der Waals surface area contributed by atoms with Gasteiger partial charge in [-0.25, -0.2) is 0 Å². The van der Waals surface area contributed by atoms with Crippen LogP contribution in [0.15, 0.2) is 77.3 Å². The highest BCUT2D eigenvalue weighted by atomic mass is 79.9. The maximum atomic E-state index is 14.4. The van der Waals surface area contributed by atoms with E-state index in [4.69, 9.17) is 0 Å². The topological polar surface area (TPSA) is 83.6 Å². The van der Waals surface area contributed by atoms with Crippen molar-refractivity contribution < 1.29 is 19.2 Å². The average molecular weight is 555 g/mol. The number of amides is 1. The highest BCUT2D eigenvalue weighted by Gasteiger charge is 2.71. The van der Waals surface area contributed by atoms with Gasteiger partial charge in [-0.3, -0.25) is 19.2 Å². The summed E-state index contributed by atoms with van der Waals surface area (Å²) in [6.45, 7) is 2.95. The van der Waals surface area contributed by atoms with Crippen LogP contribution < -0.4 is 10.2 Å². The number of rotatable bonds is 3. The second-order valence-electron chi connectivity index (χ2n) is 9.79. The number of halogens is 1. The van der Waals surface area contributed by atoms with E-state index in [0.29, 0.717) is 22.5 Å². The molecule has 2 aliphatic heterocycles. The minimum absolute atomic E-state index is 0.141. The lowest BCUT2D eigenvalue weighted by molar-refractivity contribution is -0.118. The molecule has 1 spiro atoms. The first-order chi connectivity index (χ1) is 17.8. The maximum Gasteiger partial charge on any atom is 0.221 e. The third-order valence-corrected chi connectivity index (χ3v) is 8.33. The SMILES string of the molecule is CC(=O)Nc1cccc2c1C=C[C@H]1N2[C@@H](C(C)=O)[C@@H](c2ccc(Br)cc2)C12C(=O)c1ccccc1C2=O. The van der Waals surface area contributed by atoms with Gasteiger partial charge in [-0.05, 0) is 36.8 Å². The number of nitrogens with zero attached hydrogens (tertiary/aromatic N) is 1. The highest BCUT2D eigenvalue weighted by molar-refractivity contribution is 9.10. The fourth-order valence-electron chi connectivity index (χ4n) is 6.49. The van der Waals surface area contributed by atoms with E-state index in [2.05, 4.69) is 21.2 Å². The third-order valence-electron chi connectivity index (χ3n) is 7.80. The van der Waals surface area contributed by atoms with Crippen molar-refractivity contribution in [3.8, 4) is 0 Å². The molecule has 7 heteroatoms. The lowest BCUT2D eigenvalue weighted by Gasteiger charge is -2.37. The number of fused-ring (bicyclic) bond motifs is 5. The summed E-state index contributed by atoms with van der Waals surface area (Å²) in [4.78, 5) is 56.0. The van der Waals surface area contributed by atoms with Gasteiger partial charge in [0.1, 0.15) is 5.41 Å². The number of anilines is 2. The second kappa shape index (κ2) is 8.35. The van der Waals surface area contributed by atoms with Crippen molar-refractivity contribution in [2.45, 2.75) is 31.8 Å². The maximum absolute atomic E-state index is 14.4. The van der Waals surface area contributed by atoms with Gasteiger partial charge >= 0.3 is 0 Å². The summed E-state index contributed by atoms with van der Waals surface area (Å²) < 4.78 is 0.859. The van der Waals surface area contributed by atoms with Gasteiger partial charge in [0, 0.05) is 39.7 Å². The van der Waals surface area contributed by atoms with E-state index >= 15 is 0 Å². The zero-order chi connectivity index (χ0) is 26.1. The standard InChI is InChI=1S/C30H23BrN2O4/c1-16(34)27-26(18-10-12-19(31)13-11-18)30(28(36)20-6-3-4-7-21(20)29(30)37)25-15-14-22-23(32-17(2)35)8-5-9-24(22)33(25)27/h3-15,25-27H,1-2H3,(H,32,35)/t25-,26-,27+/m1/s1. The lowest BCUT2D eigenvalue weighted by Crippen LogP contribution is -2.48. The largest absolute Gasteiger partial charge is 0.352 e. The molecule has 6 nitrogen and oxygen atoms in total. The molecule has 1 saturated heterocycles. The Morgan fingerprint density at radius 2 is 1.54 bits per heavy atom. The molecule has 0 saturated carbocycles. The van der Waals surface area contributed by atoms with Crippen LogP contribution >= 0.6 is 15.9 Å². The van der Waals surface area contributed by atoms with Crippen LogP contribution in [0.4, 0.5) is 11.4 Å². The molecule has 2 heterocycles. The predicted molar refractivity (Wildman–Crippen MR) is 145 cm³/mol. The van der Waals surface area contributed by atoms with E-state index in [-0.39, 0.29) is 23.3 Å². The molecule has 184 valence electrons. The van der Waals surface area contributed by atoms with Crippen LogP contribution in [0.25, 0.3) is 6.08 Å². The molecule has 0 radical (unpaired) electrons. The monoisotopic (exact) mass is 554 g/mol. The van der Waals surface area contributed by atoms with Crippen LogP contribution in [0.3, 0.4) is 0 Å². The molecule has 6 rings (SSSR count). The Morgan fingerprint density at radius 1 is 0.892 bits per heavy atom. The van der Waals surface area contributed by atoms with E-state index in [1.54, 1.807) is 30.3 Å². The van der Waals surface area contributed by atoms with Crippen LogP contribution in [-0.4, -0.2) is 35.3 Å². The predicted octanol–water partition coefficient (Wildman–Crippen LogP) is 5.43. The minimum atomic E-state index is -1.51. The normalized spacial score (nSPS) is 22.6. The minimum Gasteiger partial charge on any atom is -0.352 e. The molecule has 1 aliphatic carbocycles. The van der Waals surface area contributed by atoms with Gasteiger partial charge in [0.05, 0.1) is 17.8 Å². The zero-order valence-electron chi connectivity index (χ0n) is 20.2. The van der Waals surface area contributed by atoms with Crippen molar-refractivity contribution in [1.29, 1.82) is 0 Å². The molecule has 3 atom stereocenters. The summed E-state index contributed by atoms with van der Waals surface area (Å²) in [5, 5.41) is 2.86. The number of carbonyl (C=O) groups is 4. The lowest BCUT2D eigenvalue weighted by atomic mass is 9.64.